The molecule has 0 spiro atoms. The number of hydrogen-bond acceptors (Lipinski definition) is 2. The Hall–Kier alpha value is -1.70. The molecule has 0 amide bonds. The third kappa shape index (κ3) is 3.50. The third-order valence-electron chi connectivity index (χ3n) is 1.82. The highest BCUT2D eigenvalue weighted by Gasteiger charge is 2.31. The van der Waals surface area contributed by atoms with Crippen LogP contribution in [0.5, 0.6) is 5.75 Å². The van der Waals surface area contributed by atoms with Crippen molar-refractivity contribution in [1.29, 1.82) is 5.26 Å². The van der Waals surface area contributed by atoms with Crippen LogP contribution in [0, 0.1) is 18.3 Å². The lowest BCUT2D eigenvalue weighted by Crippen LogP contribution is -2.17. The summed E-state index contributed by atoms with van der Waals surface area (Å²) in [6.07, 6.45) is -4.62. The van der Waals surface area contributed by atoms with E-state index in [1.807, 2.05) is 6.07 Å². The third-order valence-corrected chi connectivity index (χ3v) is 1.82. The van der Waals surface area contributed by atoms with E-state index in [2.05, 4.69) is 4.74 Å². The summed E-state index contributed by atoms with van der Waals surface area (Å²) >= 11 is 0. The van der Waals surface area contributed by atoms with E-state index in [9.17, 15) is 13.2 Å². The zero-order valence-electron chi connectivity index (χ0n) is 7.93. The molecular weight excluding hydrogens is 207 g/mol. The average Bonchev–Trinajstić information content (AvgIpc) is 2.09. The van der Waals surface area contributed by atoms with Gasteiger partial charge in [-0.2, -0.15) is 5.26 Å². The van der Waals surface area contributed by atoms with Gasteiger partial charge in [0.15, 0.2) is 0 Å². The van der Waals surface area contributed by atoms with Gasteiger partial charge in [-0.3, -0.25) is 0 Å². The van der Waals surface area contributed by atoms with E-state index in [4.69, 9.17) is 5.26 Å². The van der Waals surface area contributed by atoms with Crippen molar-refractivity contribution in [3.8, 4) is 11.8 Å². The Balaban J connectivity index is 2.93. The molecule has 0 aliphatic carbocycles. The molecule has 1 aromatic carbocycles. The van der Waals surface area contributed by atoms with Gasteiger partial charge in [0.05, 0.1) is 12.5 Å². The Kier molecular flexibility index (Phi) is 3.20. The number of ether oxygens (including phenoxy) is 1. The quantitative estimate of drug-likeness (QED) is 0.759. The molecule has 1 rings (SSSR count). The van der Waals surface area contributed by atoms with E-state index in [0.717, 1.165) is 5.56 Å². The van der Waals surface area contributed by atoms with E-state index < -0.39 is 6.36 Å². The number of hydrogen-bond donors (Lipinski definition) is 0. The second kappa shape index (κ2) is 4.22. The normalized spacial score (nSPS) is 10.9. The first-order valence-corrected chi connectivity index (χ1v) is 4.14. The number of nitrogens with zero attached hydrogens (tertiary/aromatic N) is 1. The highest BCUT2D eigenvalue weighted by molar-refractivity contribution is 5.36. The van der Waals surface area contributed by atoms with Crippen LogP contribution in [0.3, 0.4) is 0 Å². The Morgan fingerprint density at radius 3 is 2.60 bits per heavy atom. The van der Waals surface area contributed by atoms with Crippen LogP contribution >= 0.6 is 0 Å². The Labute approximate surface area is 84.9 Å². The summed E-state index contributed by atoms with van der Waals surface area (Å²) in [5.74, 6) is -0.293. The molecule has 0 aromatic heterocycles. The first-order chi connectivity index (χ1) is 6.92. The molecule has 0 radical (unpaired) electrons. The summed E-state index contributed by atoms with van der Waals surface area (Å²) < 4.78 is 39.4. The highest BCUT2D eigenvalue weighted by Crippen LogP contribution is 2.24. The van der Waals surface area contributed by atoms with Crippen LogP contribution < -0.4 is 4.74 Å². The monoisotopic (exact) mass is 215 g/mol. The lowest BCUT2D eigenvalue weighted by atomic mass is 10.1. The molecule has 0 bridgehead atoms. The molecule has 80 valence electrons. The van der Waals surface area contributed by atoms with Crippen molar-refractivity contribution in [3.05, 3.63) is 29.3 Å². The van der Waals surface area contributed by atoms with Crippen molar-refractivity contribution in [2.75, 3.05) is 0 Å². The zero-order chi connectivity index (χ0) is 11.5. The van der Waals surface area contributed by atoms with Gasteiger partial charge in [0, 0.05) is 0 Å². The zero-order valence-corrected chi connectivity index (χ0v) is 7.93. The largest absolute Gasteiger partial charge is 0.573 e. The summed E-state index contributed by atoms with van der Waals surface area (Å²) in [6, 6.07) is 5.83. The van der Waals surface area contributed by atoms with E-state index in [0.29, 0.717) is 5.56 Å². The topological polar surface area (TPSA) is 33.0 Å². The SMILES string of the molecule is Cc1ccc(OC(F)(F)F)cc1CC#N. The molecule has 0 atom stereocenters. The average molecular weight is 215 g/mol. The van der Waals surface area contributed by atoms with Crippen LogP contribution in [0.2, 0.25) is 0 Å². The van der Waals surface area contributed by atoms with Gasteiger partial charge >= 0.3 is 6.36 Å². The Morgan fingerprint density at radius 1 is 1.40 bits per heavy atom. The molecule has 0 fully saturated rings. The molecule has 1 aromatic rings. The Morgan fingerprint density at radius 2 is 2.07 bits per heavy atom. The maximum Gasteiger partial charge on any atom is 0.573 e. The van der Waals surface area contributed by atoms with Crippen molar-refractivity contribution in [2.45, 2.75) is 19.7 Å². The molecule has 0 saturated carbocycles. The summed E-state index contributed by atoms with van der Waals surface area (Å²) in [6.45, 7) is 1.73. The van der Waals surface area contributed by atoms with Crippen LogP contribution in [0.4, 0.5) is 13.2 Å². The molecule has 0 heterocycles. The number of benzene rings is 1. The first kappa shape index (κ1) is 11.4. The van der Waals surface area contributed by atoms with Gasteiger partial charge in [0.25, 0.3) is 0 Å². The highest BCUT2D eigenvalue weighted by atomic mass is 19.4. The number of aryl methyl sites for hydroxylation is 1. The number of nitriles is 1. The molecule has 15 heavy (non-hydrogen) atoms. The molecule has 0 saturated heterocycles. The van der Waals surface area contributed by atoms with Gasteiger partial charge in [-0.05, 0) is 30.2 Å². The molecule has 0 aliphatic rings. The smallest absolute Gasteiger partial charge is 0.406 e. The molecule has 0 N–H and O–H groups in total. The van der Waals surface area contributed by atoms with Crippen LogP contribution in [-0.4, -0.2) is 6.36 Å². The van der Waals surface area contributed by atoms with Crippen molar-refractivity contribution in [3.63, 3.8) is 0 Å². The summed E-state index contributed by atoms with van der Waals surface area (Å²) in [7, 11) is 0. The predicted molar refractivity (Wildman–Crippen MR) is 47.2 cm³/mol. The van der Waals surface area contributed by atoms with E-state index in [1.54, 1.807) is 6.92 Å². The Bertz CT molecular complexity index is 393. The predicted octanol–water partition coefficient (Wildman–Crippen LogP) is 2.96. The maximum absolute atomic E-state index is 11.9. The summed E-state index contributed by atoms with van der Waals surface area (Å²) in [5, 5.41) is 8.45. The van der Waals surface area contributed by atoms with E-state index in [-0.39, 0.29) is 12.2 Å². The van der Waals surface area contributed by atoms with Gasteiger partial charge in [-0.25, -0.2) is 0 Å². The molecular formula is C10H8F3NO. The fourth-order valence-electron chi connectivity index (χ4n) is 1.12. The van der Waals surface area contributed by atoms with Gasteiger partial charge in [0.2, 0.25) is 0 Å². The minimum absolute atomic E-state index is 0.0703. The fourth-order valence-corrected chi connectivity index (χ4v) is 1.12. The number of rotatable bonds is 2. The van der Waals surface area contributed by atoms with Crippen LogP contribution in [-0.2, 0) is 6.42 Å². The summed E-state index contributed by atoms with van der Waals surface area (Å²) in [5.41, 5.74) is 1.31. The first-order valence-electron chi connectivity index (χ1n) is 4.14. The molecule has 2 nitrogen and oxygen atoms in total. The standard InChI is InChI=1S/C10H8F3NO/c1-7-2-3-9(15-10(11,12)13)6-8(7)4-5-14/h2-3,6H,4H2,1H3. The second-order valence-electron chi connectivity index (χ2n) is 2.97. The van der Waals surface area contributed by atoms with E-state index >= 15 is 0 Å². The van der Waals surface area contributed by atoms with Crippen molar-refractivity contribution < 1.29 is 17.9 Å². The van der Waals surface area contributed by atoms with Crippen molar-refractivity contribution >= 4 is 0 Å². The number of halogens is 3. The van der Waals surface area contributed by atoms with Crippen LogP contribution in [0.25, 0.3) is 0 Å². The van der Waals surface area contributed by atoms with Gasteiger partial charge < -0.3 is 4.74 Å². The lowest BCUT2D eigenvalue weighted by molar-refractivity contribution is -0.274. The van der Waals surface area contributed by atoms with Crippen LogP contribution in [0.15, 0.2) is 18.2 Å². The van der Waals surface area contributed by atoms with Crippen molar-refractivity contribution in [2.24, 2.45) is 0 Å². The molecule has 5 heteroatoms. The minimum atomic E-state index is -4.70. The maximum atomic E-state index is 11.9. The van der Waals surface area contributed by atoms with Gasteiger partial charge in [-0.15, -0.1) is 13.2 Å². The minimum Gasteiger partial charge on any atom is -0.406 e. The van der Waals surface area contributed by atoms with Gasteiger partial charge in [0.1, 0.15) is 5.75 Å². The fraction of sp³-hybridized carbons (Fsp3) is 0.300. The molecule has 0 aliphatic heterocycles. The number of alkyl halides is 3. The van der Waals surface area contributed by atoms with E-state index in [1.165, 1.54) is 18.2 Å². The molecule has 0 unspecified atom stereocenters. The lowest BCUT2D eigenvalue weighted by Gasteiger charge is -2.10. The summed E-state index contributed by atoms with van der Waals surface area (Å²) in [4.78, 5) is 0. The van der Waals surface area contributed by atoms with Crippen molar-refractivity contribution in [1.82, 2.24) is 0 Å². The van der Waals surface area contributed by atoms with Gasteiger partial charge in [-0.1, -0.05) is 6.07 Å². The van der Waals surface area contributed by atoms with Crippen LogP contribution in [0.1, 0.15) is 11.1 Å². The second-order valence-corrected chi connectivity index (χ2v) is 2.97.